The van der Waals surface area contributed by atoms with Crippen molar-refractivity contribution in [3.05, 3.63) is 82.3 Å². The van der Waals surface area contributed by atoms with Crippen molar-refractivity contribution in [1.82, 2.24) is 0 Å². The van der Waals surface area contributed by atoms with Crippen molar-refractivity contribution >= 4 is 23.6 Å². The molecule has 0 bridgehead atoms. The van der Waals surface area contributed by atoms with Gasteiger partial charge in [0.05, 0.1) is 18.3 Å². The first-order valence-corrected chi connectivity index (χ1v) is 8.10. The fourth-order valence-corrected chi connectivity index (χ4v) is 2.98. The zero-order valence-corrected chi connectivity index (χ0v) is 14.7. The lowest BCUT2D eigenvalue weighted by atomic mass is 10.0. The summed E-state index contributed by atoms with van der Waals surface area (Å²) >= 11 is 0. The van der Waals surface area contributed by atoms with Gasteiger partial charge in [0.15, 0.2) is 0 Å². The van der Waals surface area contributed by atoms with Crippen molar-refractivity contribution in [3.63, 3.8) is 0 Å². The van der Waals surface area contributed by atoms with Gasteiger partial charge in [-0.15, -0.1) is 0 Å². The summed E-state index contributed by atoms with van der Waals surface area (Å²) in [4.78, 5) is 26.9. The van der Waals surface area contributed by atoms with Crippen molar-refractivity contribution in [2.45, 2.75) is 13.8 Å². The molecule has 26 heavy (non-hydrogen) atoms. The van der Waals surface area contributed by atoms with Gasteiger partial charge in [-0.25, -0.2) is 9.18 Å². The van der Waals surface area contributed by atoms with E-state index in [9.17, 15) is 14.0 Å². The molecule has 0 atom stereocenters. The van der Waals surface area contributed by atoms with E-state index in [1.54, 1.807) is 25.1 Å². The summed E-state index contributed by atoms with van der Waals surface area (Å²) < 4.78 is 18.0. The van der Waals surface area contributed by atoms with Crippen LogP contribution in [-0.4, -0.2) is 19.0 Å². The van der Waals surface area contributed by atoms with Gasteiger partial charge < -0.3 is 4.74 Å². The van der Waals surface area contributed by atoms with Gasteiger partial charge in [-0.1, -0.05) is 24.3 Å². The molecule has 1 aliphatic rings. The Morgan fingerprint density at radius 3 is 2.42 bits per heavy atom. The standard InChI is InChI=1S/C21H18FNO3/c1-13-5-4-6-17(11-13)23-14(2)19(21(25)26-3)18(20(23)24)12-15-7-9-16(22)10-8-15/h4-12H,1-3H3/b18-12-. The van der Waals surface area contributed by atoms with Crippen molar-refractivity contribution in [1.29, 1.82) is 0 Å². The number of allylic oxidation sites excluding steroid dienone is 1. The van der Waals surface area contributed by atoms with Gasteiger partial charge in [-0.3, -0.25) is 9.69 Å². The van der Waals surface area contributed by atoms with Crippen LogP contribution in [-0.2, 0) is 14.3 Å². The zero-order valence-electron chi connectivity index (χ0n) is 14.7. The van der Waals surface area contributed by atoms with Gasteiger partial charge in [0, 0.05) is 11.4 Å². The molecule has 2 aromatic rings. The number of methoxy groups -OCH3 is 1. The molecule has 0 radical (unpaired) electrons. The molecular weight excluding hydrogens is 333 g/mol. The molecule has 0 saturated heterocycles. The van der Waals surface area contributed by atoms with Crippen molar-refractivity contribution < 1.29 is 18.7 Å². The number of nitrogens with zero attached hydrogens (tertiary/aromatic N) is 1. The van der Waals surface area contributed by atoms with E-state index in [0.29, 0.717) is 16.9 Å². The lowest BCUT2D eigenvalue weighted by Crippen LogP contribution is -2.24. The summed E-state index contributed by atoms with van der Waals surface area (Å²) in [5, 5.41) is 0. The minimum absolute atomic E-state index is 0.211. The van der Waals surface area contributed by atoms with Gasteiger partial charge in [0.2, 0.25) is 0 Å². The quantitative estimate of drug-likeness (QED) is 0.620. The zero-order chi connectivity index (χ0) is 18.8. The SMILES string of the molecule is COC(=O)C1=C(C)N(c2cccc(C)c2)C(=O)/C1=C\c1ccc(F)cc1. The minimum Gasteiger partial charge on any atom is -0.465 e. The maximum absolute atomic E-state index is 13.1. The average Bonchev–Trinajstić information content (AvgIpc) is 2.86. The highest BCUT2D eigenvalue weighted by molar-refractivity contribution is 6.23. The van der Waals surface area contributed by atoms with E-state index < -0.39 is 5.97 Å². The van der Waals surface area contributed by atoms with Crippen LogP contribution in [0.4, 0.5) is 10.1 Å². The molecule has 1 aliphatic heterocycles. The van der Waals surface area contributed by atoms with Crippen molar-refractivity contribution in [3.8, 4) is 0 Å². The van der Waals surface area contributed by atoms with Crippen LogP contribution in [0.1, 0.15) is 18.1 Å². The Hall–Kier alpha value is -3.21. The summed E-state index contributed by atoms with van der Waals surface area (Å²) in [6.07, 6.45) is 1.58. The first-order valence-electron chi connectivity index (χ1n) is 8.10. The number of esters is 1. The fourth-order valence-electron chi connectivity index (χ4n) is 2.98. The molecule has 1 amide bonds. The molecule has 0 aliphatic carbocycles. The van der Waals surface area contributed by atoms with Crippen molar-refractivity contribution in [2.75, 3.05) is 12.0 Å². The van der Waals surface area contributed by atoms with Crippen LogP contribution in [0.15, 0.2) is 65.4 Å². The van der Waals surface area contributed by atoms with Crippen LogP contribution in [0.2, 0.25) is 0 Å². The minimum atomic E-state index is -0.584. The Bertz CT molecular complexity index is 942. The Kier molecular flexibility index (Phi) is 4.71. The molecule has 0 saturated carbocycles. The van der Waals surface area contributed by atoms with E-state index in [1.165, 1.54) is 24.1 Å². The Balaban J connectivity index is 2.13. The molecule has 3 rings (SSSR count). The van der Waals surface area contributed by atoms with Crippen LogP contribution in [0.25, 0.3) is 6.08 Å². The molecule has 1 heterocycles. The second kappa shape index (κ2) is 6.96. The van der Waals surface area contributed by atoms with E-state index in [1.807, 2.05) is 31.2 Å². The number of halogens is 1. The average molecular weight is 351 g/mol. The summed E-state index contributed by atoms with van der Waals surface area (Å²) in [5.74, 6) is -1.27. The highest BCUT2D eigenvalue weighted by atomic mass is 19.1. The number of carbonyl (C=O) groups is 2. The second-order valence-corrected chi connectivity index (χ2v) is 6.04. The van der Waals surface area contributed by atoms with Crippen LogP contribution in [0, 0.1) is 12.7 Å². The molecule has 5 heteroatoms. The first kappa shape index (κ1) is 17.6. The van der Waals surface area contributed by atoms with E-state index >= 15 is 0 Å². The lowest BCUT2D eigenvalue weighted by molar-refractivity contribution is -0.136. The molecule has 0 fully saturated rings. The highest BCUT2D eigenvalue weighted by Crippen LogP contribution is 2.35. The number of hydrogen-bond donors (Lipinski definition) is 0. The number of benzene rings is 2. The van der Waals surface area contributed by atoms with Crippen molar-refractivity contribution in [2.24, 2.45) is 0 Å². The molecule has 0 spiro atoms. The molecule has 2 aromatic carbocycles. The smallest absolute Gasteiger partial charge is 0.340 e. The Labute approximate surface area is 151 Å². The van der Waals surface area contributed by atoms with Gasteiger partial charge in [-0.05, 0) is 55.3 Å². The summed E-state index contributed by atoms with van der Waals surface area (Å²) in [6.45, 7) is 3.64. The summed E-state index contributed by atoms with van der Waals surface area (Å²) in [7, 11) is 1.28. The van der Waals surface area contributed by atoms with Gasteiger partial charge >= 0.3 is 5.97 Å². The topological polar surface area (TPSA) is 46.6 Å². The molecular formula is C21H18FNO3. The van der Waals surface area contributed by atoms with Gasteiger partial charge in [0.25, 0.3) is 5.91 Å². The number of rotatable bonds is 3. The van der Waals surface area contributed by atoms with Gasteiger partial charge in [0.1, 0.15) is 5.82 Å². The normalized spacial score (nSPS) is 15.8. The number of aryl methyl sites for hydroxylation is 1. The summed E-state index contributed by atoms with van der Waals surface area (Å²) in [5.41, 5.74) is 3.23. The third-order valence-electron chi connectivity index (χ3n) is 4.23. The van der Waals surface area contributed by atoms with Crippen LogP contribution in [0.5, 0.6) is 0 Å². The van der Waals surface area contributed by atoms with Crippen LogP contribution < -0.4 is 4.90 Å². The highest BCUT2D eigenvalue weighted by Gasteiger charge is 2.37. The monoisotopic (exact) mass is 351 g/mol. The largest absolute Gasteiger partial charge is 0.465 e. The third kappa shape index (κ3) is 3.16. The van der Waals surface area contributed by atoms with Crippen LogP contribution in [0.3, 0.4) is 0 Å². The first-order chi connectivity index (χ1) is 12.4. The number of carbonyl (C=O) groups excluding carboxylic acids is 2. The second-order valence-electron chi connectivity index (χ2n) is 6.04. The molecule has 4 nitrogen and oxygen atoms in total. The van der Waals surface area contributed by atoms with E-state index in [-0.39, 0.29) is 22.9 Å². The number of amides is 1. The predicted octanol–water partition coefficient (Wildman–Crippen LogP) is 4.01. The van der Waals surface area contributed by atoms with Crippen LogP contribution >= 0.6 is 0 Å². The van der Waals surface area contributed by atoms with E-state index in [2.05, 4.69) is 0 Å². The predicted molar refractivity (Wildman–Crippen MR) is 97.8 cm³/mol. The Morgan fingerprint density at radius 1 is 1.12 bits per heavy atom. The van der Waals surface area contributed by atoms with E-state index in [4.69, 9.17) is 4.74 Å². The number of ether oxygens (including phenoxy) is 1. The third-order valence-corrected chi connectivity index (χ3v) is 4.23. The number of anilines is 1. The summed E-state index contributed by atoms with van der Waals surface area (Å²) in [6, 6.07) is 13.2. The molecule has 132 valence electrons. The lowest BCUT2D eigenvalue weighted by Gasteiger charge is -2.18. The van der Waals surface area contributed by atoms with E-state index in [0.717, 1.165) is 5.56 Å². The van der Waals surface area contributed by atoms with Gasteiger partial charge in [-0.2, -0.15) is 0 Å². The molecule has 0 aromatic heterocycles. The maximum atomic E-state index is 13.1. The maximum Gasteiger partial charge on any atom is 0.340 e. The Morgan fingerprint density at radius 2 is 1.81 bits per heavy atom. The molecule has 0 N–H and O–H groups in total. The fraction of sp³-hybridized carbons (Fsp3) is 0.143. The number of hydrogen-bond acceptors (Lipinski definition) is 3. The molecule has 0 unspecified atom stereocenters.